The van der Waals surface area contributed by atoms with Crippen molar-refractivity contribution in [1.82, 2.24) is 5.43 Å². The highest BCUT2D eigenvalue weighted by Crippen LogP contribution is 2.19. The summed E-state index contributed by atoms with van der Waals surface area (Å²) in [5, 5.41) is 17.0. The lowest BCUT2D eigenvalue weighted by Gasteiger charge is -2.03. The van der Waals surface area contributed by atoms with Crippen LogP contribution in [0.5, 0.6) is 0 Å². The lowest BCUT2D eigenvalue weighted by atomic mass is 10.1. The molecule has 0 aliphatic carbocycles. The molecule has 0 aliphatic heterocycles. The second kappa shape index (κ2) is 6.92. The van der Waals surface area contributed by atoms with Gasteiger partial charge >= 0.3 is 0 Å². The molecule has 0 aliphatic rings. The van der Waals surface area contributed by atoms with Crippen LogP contribution in [-0.2, 0) is 0 Å². The van der Waals surface area contributed by atoms with E-state index in [1.807, 2.05) is 42.5 Å². The summed E-state index contributed by atoms with van der Waals surface area (Å²) in [6.45, 7) is 1.62. The van der Waals surface area contributed by atoms with Gasteiger partial charge in [-0.3, -0.25) is 14.9 Å². The van der Waals surface area contributed by atoms with Crippen LogP contribution in [0.1, 0.15) is 21.5 Å². The van der Waals surface area contributed by atoms with E-state index in [0.717, 1.165) is 16.3 Å². The summed E-state index contributed by atoms with van der Waals surface area (Å²) in [5.74, 6) is -0.500. The minimum absolute atomic E-state index is 0.0920. The summed E-state index contributed by atoms with van der Waals surface area (Å²) in [6, 6.07) is 18.0. The van der Waals surface area contributed by atoms with Crippen molar-refractivity contribution in [3.05, 3.63) is 87.5 Å². The van der Waals surface area contributed by atoms with Crippen molar-refractivity contribution in [2.24, 2.45) is 5.10 Å². The number of nitro benzene ring substituents is 1. The highest BCUT2D eigenvalue weighted by atomic mass is 16.6. The fraction of sp³-hybridized carbons (Fsp3) is 0.0526. The predicted octanol–water partition coefficient (Wildman–Crippen LogP) is 3.82. The molecule has 0 saturated carbocycles. The maximum Gasteiger partial charge on any atom is 0.273 e. The molecule has 6 heteroatoms. The lowest BCUT2D eigenvalue weighted by Crippen LogP contribution is -2.17. The van der Waals surface area contributed by atoms with Crippen LogP contribution in [-0.4, -0.2) is 17.0 Å². The van der Waals surface area contributed by atoms with Crippen molar-refractivity contribution in [2.45, 2.75) is 6.92 Å². The molecule has 0 spiro atoms. The Labute approximate surface area is 143 Å². The van der Waals surface area contributed by atoms with Crippen LogP contribution >= 0.6 is 0 Å². The Morgan fingerprint density at radius 3 is 2.68 bits per heavy atom. The quantitative estimate of drug-likeness (QED) is 0.447. The maximum atomic E-state index is 12.1. The average molecular weight is 333 g/mol. The summed E-state index contributed by atoms with van der Waals surface area (Å²) in [7, 11) is 0. The molecule has 0 radical (unpaired) electrons. The van der Waals surface area contributed by atoms with Crippen molar-refractivity contribution in [3.63, 3.8) is 0 Å². The summed E-state index contributed by atoms with van der Waals surface area (Å²) in [5.41, 5.74) is 3.87. The van der Waals surface area contributed by atoms with Gasteiger partial charge in [-0.05, 0) is 23.8 Å². The first-order valence-electron chi connectivity index (χ1n) is 7.62. The molecule has 3 aromatic rings. The van der Waals surface area contributed by atoms with E-state index >= 15 is 0 Å². The Kier molecular flexibility index (Phi) is 4.52. The number of hydrogen-bond acceptors (Lipinski definition) is 4. The normalized spacial score (nSPS) is 10.9. The van der Waals surface area contributed by atoms with Gasteiger partial charge in [0.15, 0.2) is 0 Å². The van der Waals surface area contributed by atoms with E-state index in [1.54, 1.807) is 19.2 Å². The number of nitrogens with zero attached hydrogens (tertiary/aromatic N) is 2. The van der Waals surface area contributed by atoms with Crippen molar-refractivity contribution < 1.29 is 9.72 Å². The molecule has 0 fully saturated rings. The van der Waals surface area contributed by atoms with E-state index in [4.69, 9.17) is 0 Å². The number of amides is 1. The number of nitro groups is 1. The van der Waals surface area contributed by atoms with Crippen LogP contribution in [0.25, 0.3) is 10.8 Å². The molecule has 124 valence electrons. The summed E-state index contributed by atoms with van der Waals surface area (Å²) in [6.07, 6.45) is 1.56. The van der Waals surface area contributed by atoms with Gasteiger partial charge in [-0.2, -0.15) is 5.10 Å². The number of fused-ring (bicyclic) bond motifs is 1. The maximum absolute atomic E-state index is 12.1. The van der Waals surface area contributed by atoms with Gasteiger partial charge in [-0.1, -0.05) is 48.5 Å². The molecule has 0 unspecified atom stereocenters. The van der Waals surface area contributed by atoms with E-state index in [9.17, 15) is 14.9 Å². The number of hydrogen-bond donors (Lipinski definition) is 1. The third-order valence-corrected chi connectivity index (χ3v) is 3.86. The van der Waals surface area contributed by atoms with E-state index in [1.165, 1.54) is 12.1 Å². The van der Waals surface area contributed by atoms with Gasteiger partial charge in [-0.15, -0.1) is 0 Å². The van der Waals surface area contributed by atoms with Crippen LogP contribution in [0, 0.1) is 17.0 Å². The number of carbonyl (C=O) groups is 1. The average Bonchev–Trinajstić information content (AvgIpc) is 2.62. The first-order chi connectivity index (χ1) is 12.1. The van der Waals surface area contributed by atoms with E-state index in [2.05, 4.69) is 10.5 Å². The molecule has 3 rings (SSSR count). The number of carbonyl (C=O) groups excluding carboxylic acids is 1. The molecule has 0 aromatic heterocycles. The molecule has 0 heterocycles. The number of benzene rings is 3. The fourth-order valence-corrected chi connectivity index (χ4v) is 2.54. The second-order valence-corrected chi connectivity index (χ2v) is 5.53. The van der Waals surface area contributed by atoms with Crippen molar-refractivity contribution in [2.75, 3.05) is 0 Å². The van der Waals surface area contributed by atoms with Gasteiger partial charge in [0.1, 0.15) is 0 Å². The molecule has 1 amide bonds. The SMILES string of the molecule is Cc1ccc(C(=O)N/N=C\c2cccc3ccccc23)cc1[N+](=O)[O-]. The van der Waals surface area contributed by atoms with Gasteiger partial charge < -0.3 is 0 Å². The Morgan fingerprint density at radius 1 is 1.12 bits per heavy atom. The summed E-state index contributed by atoms with van der Waals surface area (Å²) >= 11 is 0. The summed E-state index contributed by atoms with van der Waals surface area (Å²) < 4.78 is 0. The standard InChI is InChI=1S/C19H15N3O3/c1-13-9-10-15(11-18(13)22(24)25)19(23)21-20-12-16-7-4-6-14-5-2-3-8-17(14)16/h2-12H,1H3,(H,21,23)/b20-12-. The van der Waals surface area contributed by atoms with Gasteiger partial charge in [0.25, 0.3) is 11.6 Å². The van der Waals surface area contributed by atoms with Crippen LogP contribution in [0.2, 0.25) is 0 Å². The molecule has 6 nitrogen and oxygen atoms in total. The monoisotopic (exact) mass is 333 g/mol. The number of nitrogens with one attached hydrogen (secondary N) is 1. The van der Waals surface area contributed by atoms with Gasteiger partial charge in [0.2, 0.25) is 0 Å². The van der Waals surface area contributed by atoms with Crippen LogP contribution in [0.15, 0.2) is 65.8 Å². The molecule has 1 N–H and O–H groups in total. The van der Waals surface area contributed by atoms with Crippen LogP contribution in [0.4, 0.5) is 5.69 Å². The van der Waals surface area contributed by atoms with Crippen molar-refractivity contribution >= 4 is 28.6 Å². The van der Waals surface area contributed by atoms with Crippen molar-refractivity contribution in [1.29, 1.82) is 0 Å². The zero-order valence-corrected chi connectivity index (χ0v) is 13.5. The van der Waals surface area contributed by atoms with E-state index in [-0.39, 0.29) is 11.3 Å². The molecule has 3 aromatic carbocycles. The minimum atomic E-state index is -0.508. The predicted molar refractivity (Wildman–Crippen MR) is 96.8 cm³/mol. The number of hydrazone groups is 1. The van der Waals surface area contributed by atoms with Gasteiger partial charge in [0.05, 0.1) is 11.1 Å². The van der Waals surface area contributed by atoms with Crippen molar-refractivity contribution in [3.8, 4) is 0 Å². The molecule has 25 heavy (non-hydrogen) atoms. The Hall–Kier alpha value is -3.54. The zero-order valence-electron chi connectivity index (χ0n) is 13.5. The Balaban J connectivity index is 1.79. The second-order valence-electron chi connectivity index (χ2n) is 5.53. The largest absolute Gasteiger partial charge is 0.273 e. The first-order valence-corrected chi connectivity index (χ1v) is 7.62. The molecule has 0 bridgehead atoms. The lowest BCUT2D eigenvalue weighted by molar-refractivity contribution is -0.385. The third kappa shape index (κ3) is 3.53. The molecular weight excluding hydrogens is 318 g/mol. The number of aryl methyl sites for hydroxylation is 1. The van der Waals surface area contributed by atoms with E-state index in [0.29, 0.717) is 5.56 Å². The van der Waals surface area contributed by atoms with Crippen LogP contribution < -0.4 is 5.43 Å². The summed E-state index contributed by atoms with van der Waals surface area (Å²) in [4.78, 5) is 22.6. The fourth-order valence-electron chi connectivity index (χ4n) is 2.54. The first kappa shape index (κ1) is 16.3. The zero-order chi connectivity index (χ0) is 17.8. The molecule has 0 atom stereocenters. The van der Waals surface area contributed by atoms with Gasteiger partial charge in [0, 0.05) is 22.8 Å². The van der Waals surface area contributed by atoms with E-state index < -0.39 is 10.8 Å². The third-order valence-electron chi connectivity index (χ3n) is 3.86. The molecular formula is C19H15N3O3. The topological polar surface area (TPSA) is 84.6 Å². The molecule has 0 saturated heterocycles. The Morgan fingerprint density at radius 2 is 1.88 bits per heavy atom. The number of rotatable bonds is 4. The highest BCUT2D eigenvalue weighted by Gasteiger charge is 2.14. The minimum Gasteiger partial charge on any atom is -0.267 e. The van der Waals surface area contributed by atoms with Crippen LogP contribution in [0.3, 0.4) is 0 Å². The highest BCUT2D eigenvalue weighted by molar-refractivity contribution is 6.00. The smallest absolute Gasteiger partial charge is 0.267 e. The Bertz CT molecular complexity index is 991. The van der Waals surface area contributed by atoms with Gasteiger partial charge in [-0.25, -0.2) is 5.43 Å².